The van der Waals surface area contributed by atoms with Crippen molar-refractivity contribution < 1.29 is 14.6 Å². The van der Waals surface area contributed by atoms with Crippen molar-refractivity contribution in [3.63, 3.8) is 0 Å². The zero-order chi connectivity index (χ0) is 16.2. The molecule has 3 unspecified atom stereocenters. The lowest BCUT2D eigenvalue weighted by atomic mass is 9.89. The van der Waals surface area contributed by atoms with Crippen LogP contribution < -0.4 is 5.32 Å². The first kappa shape index (κ1) is 17.0. The molecule has 22 heavy (non-hydrogen) atoms. The van der Waals surface area contributed by atoms with Crippen LogP contribution in [0.15, 0.2) is 12.4 Å². The Hall–Kier alpha value is -1.40. The lowest BCUT2D eigenvalue weighted by Crippen LogP contribution is -2.40. The maximum absolute atomic E-state index is 11.9. The third-order valence-corrected chi connectivity index (χ3v) is 4.29. The van der Waals surface area contributed by atoms with Crippen LogP contribution in [0.1, 0.15) is 45.1 Å². The predicted octanol–water partition coefficient (Wildman–Crippen LogP) is 1.34. The Bertz CT molecular complexity index is 499. The van der Waals surface area contributed by atoms with Crippen LogP contribution >= 0.6 is 0 Å². The van der Waals surface area contributed by atoms with E-state index in [1.54, 1.807) is 31.0 Å². The summed E-state index contributed by atoms with van der Waals surface area (Å²) in [4.78, 5) is 11.9. The molecule has 1 amide bonds. The molecule has 0 radical (unpaired) electrons. The van der Waals surface area contributed by atoms with Crippen molar-refractivity contribution in [3.05, 3.63) is 18.0 Å². The number of carbonyl (C=O) groups excluding carboxylic acids is 1. The third-order valence-electron chi connectivity index (χ3n) is 4.29. The molecule has 6 nitrogen and oxygen atoms in total. The molecule has 124 valence electrons. The molecule has 1 fully saturated rings. The molecular weight excluding hydrogens is 282 g/mol. The maximum atomic E-state index is 11.9. The molecule has 3 atom stereocenters. The lowest BCUT2D eigenvalue weighted by Gasteiger charge is -2.27. The number of nitrogens with zero attached hydrogens (tertiary/aromatic N) is 2. The van der Waals surface area contributed by atoms with Crippen LogP contribution in [0.4, 0.5) is 0 Å². The van der Waals surface area contributed by atoms with E-state index in [4.69, 9.17) is 4.74 Å². The first-order valence-corrected chi connectivity index (χ1v) is 7.96. The molecule has 0 bridgehead atoms. The largest absolute Gasteiger partial charge is 0.383 e. The fourth-order valence-corrected chi connectivity index (χ4v) is 2.85. The van der Waals surface area contributed by atoms with E-state index in [9.17, 15) is 9.90 Å². The smallest absolute Gasteiger partial charge is 0.246 e. The molecule has 6 heteroatoms. The summed E-state index contributed by atoms with van der Waals surface area (Å²) >= 11 is 0. The van der Waals surface area contributed by atoms with Crippen LogP contribution in [-0.2, 0) is 22.2 Å². The summed E-state index contributed by atoms with van der Waals surface area (Å²) in [6.45, 7) is 4.08. The van der Waals surface area contributed by atoms with Gasteiger partial charge in [-0.1, -0.05) is 19.8 Å². The van der Waals surface area contributed by atoms with Gasteiger partial charge in [-0.3, -0.25) is 9.48 Å². The first-order chi connectivity index (χ1) is 10.4. The van der Waals surface area contributed by atoms with E-state index in [2.05, 4.69) is 17.3 Å². The van der Waals surface area contributed by atoms with Crippen LogP contribution in [0, 0.1) is 5.92 Å². The molecule has 2 N–H and O–H groups in total. The highest BCUT2D eigenvalue weighted by Crippen LogP contribution is 2.25. The van der Waals surface area contributed by atoms with Crippen LogP contribution in [0.2, 0.25) is 0 Å². The average molecular weight is 309 g/mol. The monoisotopic (exact) mass is 309 g/mol. The van der Waals surface area contributed by atoms with Gasteiger partial charge in [-0.25, -0.2) is 0 Å². The van der Waals surface area contributed by atoms with Gasteiger partial charge < -0.3 is 15.2 Å². The molecule has 1 saturated carbocycles. The minimum atomic E-state index is -1.14. The van der Waals surface area contributed by atoms with Crippen molar-refractivity contribution >= 4 is 5.91 Å². The van der Waals surface area contributed by atoms with Crippen molar-refractivity contribution in [2.75, 3.05) is 13.2 Å². The van der Waals surface area contributed by atoms with Crippen LogP contribution in [0.25, 0.3) is 0 Å². The Morgan fingerprint density at radius 2 is 2.36 bits per heavy atom. The third kappa shape index (κ3) is 4.81. The number of nitrogens with one attached hydrogen (secondary N) is 1. The van der Waals surface area contributed by atoms with Gasteiger partial charge in [-0.15, -0.1) is 0 Å². The van der Waals surface area contributed by atoms with Gasteiger partial charge in [0.1, 0.15) is 12.2 Å². The van der Waals surface area contributed by atoms with Gasteiger partial charge in [0.2, 0.25) is 5.91 Å². The fourth-order valence-electron chi connectivity index (χ4n) is 2.85. The van der Waals surface area contributed by atoms with Crippen LogP contribution in [0.3, 0.4) is 0 Å². The second-order valence-corrected chi connectivity index (χ2v) is 6.66. The van der Waals surface area contributed by atoms with Gasteiger partial charge in [0, 0.05) is 18.8 Å². The molecular formula is C16H27N3O3. The second-order valence-electron chi connectivity index (χ2n) is 6.66. The van der Waals surface area contributed by atoms with Crippen molar-refractivity contribution in [2.45, 2.75) is 51.2 Å². The standard InChI is InChI=1S/C16H27N3O3/c1-12-5-4-6-14(7-12)22-10-15(20)17-11-16(2,21)13-8-18-19(3)9-13/h8-9,12,14,21H,4-7,10-11H2,1-3H3,(H,17,20). The highest BCUT2D eigenvalue weighted by molar-refractivity contribution is 5.77. The topological polar surface area (TPSA) is 76.4 Å². The Labute approximate surface area is 131 Å². The minimum absolute atomic E-state index is 0.0561. The number of aromatic nitrogens is 2. The summed E-state index contributed by atoms with van der Waals surface area (Å²) in [5.41, 5.74) is -0.458. The molecule has 2 rings (SSSR count). The minimum Gasteiger partial charge on any atom is -0.383 e. The van der Waals surface area contributed by atoms with Gasteiger partial charge in [0.25, 0.3) is 0 Å². The van der Waals surface area contributed by atoms with Crippen molar-refractivity contribution in [1.82, 2.24) is 15.1 Å². The van der Waals surface area contributed by atoms with E-state index in [1.165, 1.54) is 12.8 Å². The van der Waals surface area contributed by atoms with Gasteiger partial charge in [-0.2, -0.15) is 5.10 Å². The second kappa shape index (κ2) is 7.24. The number of rotatable bonds is 6. The van der Waals surface area contributed by atoms with E-state index in [-0.39, 0.29) is 25.2 Å². The van der Waals surface area contributed by atoms with E-state index in [1.807, 2.05) is 0 Å². The number of ether oxygens (including phenoxy) is 1. The van der Waals surface area contributed by atoms with Crippen LogP contribution in [0.5, 0.6) is 0 Å². The van der Waals surface area contributed by atoms with E-state index in [0.717, 1.165) is 12.8 Å². The summed E-state index contributed by atoms with van der Waals surface area (Å²) < 4.78 is 7.30. The van der Waals surface area contributed by atoms with Crippen molar-refractivity contribution in [1.29, 1.82) is 0 Å². The summed E-state index contributed by atoms with van der Waals surface area (Å²) in [7, 11) is 1.79. The Balaban J connectivity index is 1.73. The van der Waals surface area contributed by atoms with E-state index in [0.29, 0.717) is 11.5 Å². The average Bonchev–Trinajstić information content (AvgIpc) is 2.91. The number of aryl methyl sites for hydroxylation is 1. The summed E-state index contributed by atoms with van der Waals surface area (Å²) in [6.07, 6.45) is 8.01. The van der Waals surface area contributed by atoms with Crippen LogP contribution in [-0.4, -0.2) is 40.0 Å². The molecule has 0 aliphatic heterocycles. The van der Waals surface area contributed by atoms with Gasteiger partial charge >= 0.3 is 0 Å². The molecule has 0 spiro atoms. The molecule has 1 aromatic heterocycles. The zero-order valence-electron chi connectivity index (χ0n) is 13.7. The number of hydrogen-bond donors (Lipinski definition) is 2. The van der Waals surface area contributed by atoms with Gasteiger partial charge in [-0.05, 0) is 25.7 Å². The first-order valence-electron chi connectivity index (χ1n) is 7.96. The predicted molar refractivity (Wildman–Crippen MR) is 83.2 cm³/mol. The highest BCUT2D eigenvalue weighted by Gasteiger charge is 2.26. The van der Waals surface area contributed by atoms with Crippen molar-refractivity contribution in [2.24, 2.45) is 13.0 Å². The quantitative estimate of drug-likeness (QED) is 0.831. The summed E-state index contributed by atoms with van der Waals surface area (Å²) in [6, 6.07) is 0. The molecule has 0 aromatic carbocycles. The lowest BCUT2D eigenvalue weighted by molar-refractivity contribution is -0.129. The number of hydrogen-bond acceptors (Lipinski definition) is 4. The summed E-state index contributed by atoms with van der Waals surface area (Å²) in [5, 5.41) is 17.2. The fraction of sp³-hybridized carbons (Fsp3) is 0.750. The number of carbonyl (C=O) groups is 1. The SMILES string of the molecule is CC1CCCC(OCC(=O)NCC(C)(O)c2cnn(C)c2)C1. The van der Waals surface area contributed by atoms with Gasteiger partial charge in [0.15, 0.2) is 0 Å². The zero-order valence-corrected chi connectivity index (χ0v) is 13.7. The number of amides is 1. The molecule has 0 saturated heterocycles. The Morgan fingerprint density at radius 1 is 1.59 bits per heavy atom. The maximum Gasteiger partial charge on any atom is 0.246 e. The van der Waals surface area contributed by atoms with E-state index < -0.39 is 5.60 Å². The summed E-state index contributed by atoms with van der Waals surface area (Å²) in [5.74, 6) is 0.482. The molecule has 1 aromatic rings. The van der Waals surface area contributed by atoms with Gasteiger partial charge in [0.05, 0.1) is 18.8 Å². The Morgan fingerprint density at radius 3 is 3.00 bits per heavy atom. The van der Waals surface area contributed by atoms with Crippen molar-refractivity contribution in [3.8, 4) is 0 Å². The normalized spacial score (nSPS) is 24.7. The Kier molecular flexibility index (Phi) is 5.58. The molecule has 1 aliphatic carbocycles. The molecule has 1 heterocycles. The molecule has 1 aliphatic rings. The van der Waals surface area contributed by atoms with E-state index >= 15 is 0 Å². The number of aliphatic hydroxyl groups is 1. The highest BCUT2D eigenvalue weighted by atomic mass is 16.5.